The van der Waals surface area contributed by atoms with E-state index < -0.39 is 0 Å². The Bertz CT molecular complexity index is 316. The van der Waals surface area contributed by atoms with Crippen molar-refractivity contribution in [1.82, 2.24) is 0 Å². The Labute approximate surface area is 83.8 Å². The molecule has 1 N–H and O–H groups in total. The van der Waals surface area contributed by atoms with Crippen LogP contribution in [-0.4, -0.2) is 11.4 Å². The number of hydrogen-bond donors (Lipinski definition) is 1. The lowest BCUT2D eigenvalue weighted by Gasteiger charge is -2.18. The first-order valence-electron chi connectivity index (χ1n) is 4.96. The van der Waals surface area contributed by atoms with Gasteiger partial charge in [0.05, 0.1) is 0 Å². The third-order valence-electron chi connectivity index (χ3n) is 2.60. The summed E-state index contributed by atoms with van der Waals surface area (Å²) in [7, 11) is 0. The van der Waals surface area contributed by atoms with Crippen LogP contribution in [0.3, 0.4) is 0 Å². The van der Waals surface area contributed by atoms with Gasteiger partial charge in [0.2, 0.25) is 0 Å². The minimum Gasteiger partial charge on any atom is -0.251 e. The molecule has 1 aliphatic carbocycles. The van der Waals surface area contributed by atoms with Crippen molar-refractivity contribution in [2.75, 3.05) is 0 Å². The van der Waals surface area contributed by atoms with Gasteiger partial charge >= 0.3 is 0 Å². The molecule has 0 fully saturated rings. The van der Waals surface area contributed by atoms with E-state index in [0.717, 1.165) is 19.3 Å². The fraction of sp³-hybridized carbons (Fsp3) is 0.333. The van der Waals surface area contributed by atoms with E-state index in [4.69, 9.17) is 5.26 Å². The lowest BCUT2D eigenvalue weighted by Crippen LogP contribution is -2.12. The van der Waals surface area contributed by atoms with E-state index in [1.807, 2.05) is 24.3 Å². The van der Waals surface area contributed by atoms with Gasteiger partial charge in [-0.3, -0.25) is 5.26 Å². The van der Waals surface area contributed by atoms with E-state index in [1.54, 1.807) is 0 Å². The van der Waals surface area contributed by atoms with E-state index in [0.29, 0.717) is 0 Å². The van der Waals surface area contributed by atoms with Crippen LogP contribution in [0.25, 0.3) is 5.57 Å². The molecule has 2 rings (SSSR count). The zero-order valence-corrected chi connectivity index (χ0v) is 8.02. The van der Waals surface area contributed by atoms with Crippen molar-refractivity contribution in [3.05, 3.63) is 42.0 Å². The molecule has 0 saturated carbocycles. The number of rotatable bonds is 2. The monoisotopic (exact) mass is 190 g/mol. The zero-order valence-electron chi connectivity index (χ0n) is 8.02. The maximum absolute atomic E-state index is 8.61. The van der Waals surface area contributed by atoms with Gasteiger partial charge in [0.15, 0.2) is 0 Å². The summed E-state index contributed by atoms with van der Waals surface area (Å²) in [6.07, 6.45) is 4.94. The highest BCUT2D eigenvalue weighted by molar-refractivity contribution is 5.66. The first-order chi connectivity index (χ1) is 6.90. The van der Waals surface area contributed by atoms with E-state index in [2.05, 4.69) is 17.0 Å². The fourth-order valence-electron chi connectivity index (χ4n) is 1.86. The smallest absolute Gasteiger partial charge is 0.111 e. The summed E-state index contributed by atoms with van der Waals surface area (Å²) in [6.45, 7) is 0. The molecule has 1 aromatic rings. The molecule has 1 atom stereocenters. The lowest BCUT2D eigenvalue weighted by molar-refractivity contribution is -0.267. The second-order valence-electron chi connectivity index (χ2n) is 3.59. The molecule has 74 valence electrons. The predicted molar refractivity (Wildman–Crippen MR) is 55.8 cm³/mol. The van der Waals surface area contributed by atoms with Crippen molar-refractivity contribution in [2.24, 2.45) is 0 Å². The predicted octanol–water partition coefficient (Wildman–Crippen LogP) is 3.11. The molecule has 1 unspecified atom stereocenters. The van der Waals surface area contributed by atoms with Gasteiger partial charge in [-0.2, -0.15) is 0 Å². The molecule has 0 aromatic heterocycles. The van der Waals surface area contributed by atoms with Crippen molar-refractivity contribution < 1.29 is 10.1 Å². The molecule has 0 bridgehead atoms. The van der Waals surface area contributed by atoms with Gasteiger partial charge in [-0.15, -0.1) is 0 Å². The Morgan fingerprint density at radius 2 is 2.00 bits per heavy atom. The summed E-state index contributed by atoms with van der Waals surface area (Å²) in [6, 6.07) is 10.2. The largest absolute Gasteiger partial charge is 0.251 e. The molecular formula is C12H14O2. The van der Waals surface area contributed by atoms with Gasteiger partial charge in [-0.1, -0.05) is 30.3 Å². The summed E-state index contributed by atoms with van der Waals surface area (Å²) in [5, 5.41) is 8.61. The standard InChI is InChI=1S/C12H14O2/c13-14-12-8-4-7-11(9-12)10-5-2-1-3-6-10/h1-3,5-6,9,12-13H,4,7-8H2. The van der Waals surface area contributed by atoms with E-state index in [-0.39, 0.29) is 6.10 Å². The average molecular weight is 190 g/mol. The zero-order chi connectivity index (χ0) is 9.80. The topological polar surface area (TPSA) is 29.5 Å². The van der Waals surface area contributed by atoms with Crippen LogP contribution in [0.2, 0.25) is 0 Å². The van der Waals surface area contributed by atoms with Gasteiger partial charge in [-0.05, 0) is 36.5 Å². The molecule has 0 heterocycles. The van der Waals surface area contributed by atoms with Crippen LogP contribution in [0.15, 0.2) is 36.4 Å². The highest BCUT2D eigenvalue weighted by atomic mass is 17.1. The average Bonchev–Trinajstić information content (AvgIpc) is 2.30. The summed E-state index contributed by atoms with van der Waals surface area (Å²) < 4.78 is 0. The third kappa shape index (κ3) is 2.03. The number of allylic oxidation sites excluding steroid dienone is 1. The third-order valence-corrected chi connectivity index (χ3v) is 2.60. The maximum Gasteiger partial charge on any atom is 0.111 e. The van der Waals surface area contributed by atoms with Gasteiger partial charge in [0.1, 0.15) is 6.10 Å². The van der Waals surface area contributed by atoms with Crippen LogP contribution < -0.4 is 0 Å². The maximum atomic E-state index is 8.61. The molecule has 1 aromatic carbocycles. The van der Waals surface area contributed by atoms with Crippen LogP contribution in [-0.2, 0) is 4.89 Å². The van der Waals surface area contributed by atoms with Crippen molar-refractivity contribution in [3.63, 3.8) is 0 Å². The van der Waals surface area contributed by atoms with E-state index in [1.165, 1.54) is 11.1 Å². The van der Waals surface area contributed by atoms with Crippen LogP contribution >= 0.6 is 0 Å². The minimum absolute atomic E-state index is 0.126. The van der Waals surface area contributed by atoms with Crippen LogP contribution in [0.1, 0.15) is 24.8 Å². The first-order valence-corrected chi connectivity index (χ1v) is 4.96. The Morgan fingerprint density at radius 3 is 2.71 bits per heavy atom. The van der Waals surface area contributed by atoms with Crippen molar-refractivity contribution >= 4 is 5.57 Å². The SMILES string of the molecule is OOC1C=C(c2ccccc2)CCC1. The van der Waals surface area contributed by atoms with Gasteiger partial charge < -0.3 is 0 Å². The van der Waals surface area contributed by atoms with Gasteiger partial charge in [0.25, 0.3) is 0 Å². The molecular weight excluding hydrogens is 176 g/mol. The van der Waals surface area contributed by atoms with Crippen LogP contribution in [0.5, 0.6) is 0 Å². The molecule has 1 aliphatic rings. The molecule has 0 amide bonds. The Kier molecular flexibility index (Phi) is 2.96. The quantitative estimate of drug-likeness (QED) is 0.573. The summed E-state index contributed by atoms with van der Waals surface area (Å²) in [5.41, 5.74) is 2.50. The number of benzene rings is 1. The number of hydrogen-bond acceptors (Lipinski definition) is 2. The molecule has 0 radical (unpaired) electrons. The van der Waals surface area contributed by atoms with Crippen molar-refractivity contribution in [2.45, 2.75) is 25.4 Å². The molecule has 14 heavy (non-hydrogen) atoms. The highest BCUT2D eigenvalue weighted by Gasteiger charge is 2.14. The van der Waals surface area contributed by atoms with E-state index >= 15 is 0 Å². The Morgan fingerprint density at radius 1 is 1.21 bits per heavy atom. The fourth-order valence-corrected chi connectivity index (χ4v) is 1.86. The Balaban J connectivity index is 2.22. The van der Waals surface area contributed by atoms with Gasteiger partial charge in [0, 0.05) is 0 Å². The molecule has 0 saturated heterocycles. The second kappa shape index (κ2) is 4.40. The minimum atomic E-state index is -0.126. The highest BCUT2D eigenvalue weighted by Crippen LogP contribution is 2.27. The molecule has 2 nitrogen and oxygen atoms in total. The summed E-state index contributed by atoms with van der Waals surface area (Å²) >= 11 is 0. The van der Waals surface area contributed by atoms with Crippen molar-refractivity contribution in [1.29, 1.82) is 0 Å². The van der Waals surface area contributed by atoms with E-state index in [9.17, 15) is 0 Å². The van der Waals surface area contributed by atoms with Gasteiger partial charge in [-0.25, -0.2) is 4.89 Å². The Hall–Kier alpha value is -1.12. The normalized spacial score (nSPS) is 21.8. The molecule has 0 aliphatic heterocycles. The lowest BCUT2D eigenvalue weighted by atomic mass is 9.92. The molecule has 2 heteroatoms. The van der Waals surface area contributed by atoms with Crippen LogP contribution in [0, 0.1) is 0 Å². The van der Waals surface area contributed by atoms with Crippen LogP contribution in [0.4, 0.5) is 0 Å². The second-order valence-corrected chi connectivity index (χ2v) is 3.59. The summed E-state index contributed by atoms with van der Waals surface area (Å²) in [5.74, 6) is 0. The summed E-state index contributed by atoms with van der Waals surface area (Å²) in [4.78, 5) is 4.37. The first kappa shape index (κ1) is 9.44. The molecule has 0 spiro atoms. The van der Waals surface area contributed by atoms with Crippen molar-refractivity contribution in [3.8, 4) is 0 Å².